The zero-order valence-electron chi connectivity index (χ0n) is 15.9. The van der Waals surface area contributed by atoms with E-state index in [2.05, 4.69) is 10.6 Å². The van der Waals surface area contributed by atoms with Gasteiger partial charge in [-0.25, -0.2) is 0 Å². The molecule has 1 aromatic heterocycles. The standard InChI is InChI=1S/C23H17ClN2O3S/c1-13-6-11-18(17(12-13)22(28)25-14-7-9-15(27)10-8-14)26-23(29)21-20(24)16-4-2-3-5-19(16)30-21/h2-12,27H,1H3,(H,25,28)(H,26,29). The van der Waals surface area contributed by atoms with Crippen molar-refractivity contribution in [3.05, 3.63) is 87.8 Å². The molecule has 0 saturated carbocycles. The molecule has 5 nitrogen and oxygen atoms in total. The number of rotatable bonds is 4. The lowest BCUT2D eigenvalue weighted by Gasteiger charge is -2.12. The molecule has 3 N–H and O–H groups in total. The molecule has 7 heteroatoms. The highest BCUT2D eigenvalue weighted by atomic mass is 35.5. The Morgan fingerprint density at radius 2 is 1.67 bits per heavy atom. The first-order valence-electron chi connectivity index (χ1n) is 9.12. The number of hydrogen-bond acceptors (Lipinski definition) is 4. The Bertz CT molecular complexity index is 1270. The topological polar surface area (TPSA) is 78.4 Å². The van der Waals surface area contributed by atoms with Gasteiger partial charge in [-0.15, -0.1) is 11.3 Å². The number of thiophene rings is 1. The summed E-state index contributed by atoms with van der Waals surface area (Å²) >= 11 is 7.72. The Morgan fingerprint density at radius 1 is 0.933 bits per heavy atom. The van der Waals surface area contributed by atoms with E-state index in [4.69, 9.17) is 11.6 Å². The summed E-state index contributed by atoms with van der Waals surface area (Å²) in [6.45, 7) is 1.87. The van der Waals surface area contributed by atoms with Crippen LogP contribution in [0.5, 0.6) is 5.75 Å². The van der Waals surface area contributed by atoms with Crippen LogP contribution in [0, 0.1) is 6.92 Å². The van der Waals surface area contributed by atoms with Crippen LogP contribution in [0.25, 0.3) is 10.1 Å². The second kappa shape index (κ2) is 8.18. The van der Waals surface area contributed by atoms with Gasteiger partial charge in [0.25, 0.3) is 11.8 Å². The maximum atomic E-state index is 12.9. The summed E-state index contributed by atoms with van der Waals surface area (Å²) in [6, 6.07) is 18.9. The number of carbonyl (C=O) groups excluding carboxylic acids is 2. The molecule has 3 aromatic carbocycles. The maximum absolute atomic E-state index is 12.9. The van der Waals surface area contributed by atoms with Gasteiger partial charge in [0.15, 0.2) is 0 Å². The molecule has 0 atom stereocenters. The van der Waals surface area contributed by atoms with Crippen molar-refractivity contribution >= 4 is 56.2 Å². The number of fused-ring (bicyclic) bond motifs is 1. The van der Waals surface area contributed by atoms with E-state index in [1.54, 1.807) is 24.3 Å². The van der Waals surface area contributed by atoms with Gasteiger partial charge in [-0.1, -0.05) is 41.4 Å². The van der Waals surface area contributed by atoms with Gasteiger partial charge >= 0.3 is 0 Å². The van der Waals surface area contributed by atoms with Crippen LogP contribution >= 0.6 is 22.9 Å². The molecule has 0 aliphatic carbocycles. The van der Waals surface area contributed by atoms with Crippen molar-refractivity contribution in [1.82, 2.24) is 0 Å². The maximum Gasteiger partial charge on any atom is 0.267 e. The lowest BCUT2D eigenvalue weighted by Crippen LogP contribution is -2.18. The number of nitrogens with one attached hydrogen (secondary N) is 2. The van der Waals surface area contributed by atoms with E-state index in [1.165, 1.54) is 23.5 Å². The molecule has 1 heterocycles. The number of aromatic hydroxyl groups is 1. The molecule has 0 bridgehead atoms. The number of hydrogen-bond donors (Lipinski definition) is 3. The fourth-order valence-corrected chi connectivity index (χ4v) is 4.45. The number of halogens is 1. The van der Waals surface area contributed by atoms with Gasteiger partial charge in [-0.05, 0) is 49.4 Å². The van der Waals surface area contributed by atoms with Crippen LogP contribution in [0.2, 0.25) is 5.02 Å². The van der Waals surface area contributed by atoms with Gasteiger partial charge < -0.3 is 15.7 Å². The van der Waals surface area contributed by atoms with Gasteiger partial charge in [0.2, 0.25) is 0 Å². The van der Waals surface area contributed by atoms with Gasteiger partial charge in [0.05, 0.1) is 16.3 Å². The molecular formula is C23H17ClN2O3S. The number of amides is 2. The third-order valence-corrected chi connectivity index (χ3v) is 6.21. The van der Waals surface area contributed by atoms with Crippen molar-refractivity contribution in [3.63, 3.8) is 0 Å². The molecular weight excluding hydrogens is 420 g/mol. The number of benzene rings is 3. The van der Waals surface area contributed by atoms with Crippen LogP contribution in [-0.2, 0) is 0 Å². The highest BCUT2D eigenvalue weighted by molar-refractivity contribution is 7.21. The van der Waals surface area contributed by atoms with E-state index in [0.29, 0.717) is 26.8 Å². The number of phenols is 1. The minimum atomic E-state index is -0.373. The number of anilines is 2. The Labute approximate surface area is 181 Å². The Balaban J connectivity index is 1.62. The van der Waals surface area contributed by atoms with Crippen LogP contribution in [0.4, 0.5) is 11.4 Å². The molecule has 0 aliphatic heterocycles. The summed E-state index contributed by atoms with van der Waals surface area (Å²) in [5.41, 5.74) is 2.12. The summed E-state index contributed by atoms with van der Waals surface area (Å²) in [4.78, 5) is 26.2. The van der Waals surface area contributed by atoms with Crippen LogP contribution in [0.1, 0.15) is 25.6 Å². The highest BCUT2D eigenvalue weighted by Crippen LogP contribution is 2.35. The molecule has 30 heavy (non-hydrogen) atoms. The molecule has 0 fully saturated rings. The van der Waals surface area contributed by atoms with E-state index in [1.807, 2.05) is 37.3 Å². The Morgan fingerprint density at radius 3 is 2.40 bits per heavy atom. The molecule has 2 amide bonds. The van der Waals surface area contributed by atoms with Crippen LogP contribution < -0.4 is 10.6 Å². The quantitative estimate of drug-likeness (QED) is 0.339. The molecule has 0 unspecified atom stereocenters. The van der Waals surface area contributed by atoms with E-state index in [0.717, 1.165) is 15.6 Å². The molecule has 150 valence electrons. The SMILES string of the molecule is Cc1ccc(NC(=O)c2sc3ccccc3c2Cl)c(C(=O)Nc2ccc(O)cc2)c1. The van der Waals surface area contributed by atoms with Crippen LogP contribution in [-0.4, -0.2) is 16.9 Å². The van der Waals surface area contributed by atoms with Crippen LogP contribution in [0.3, 0.4) is 0 Å². The fraction of sp³-hybridized carbons (Fsp3) is 0.0435. The van der Waals surface area contributed by atoms with E-state index in [-0.39, 0.29) is 17.6 Å². The third-order valence-electron chi connectivity index (χ3n) is 4.53. The predicted molar refractivity (Wildman–Crippen MR) is 122 cm³/mol. The van der Waals surface area contributed by atoms with Crippen molar-refractivity contribution in [2.45, 2.75) is 6.92 Å². The molecule has 0 radical (unpaired) electrons. The Kier molecular flexibility index (Phi) is 5.44. The van der Waals surface area contributed by atoms with E-state index in [9.17, 15) is 14.7 Å². The first kappa shape index (κ1) is 19.9. The highest BCUT2D eigenvalue weighted by Gasteiger charge is 2.20. The smallest absolute Gasteiger partial charge is 0.267 e. The van der Waals surface area contributed by atoms with Gasteiger partial charge in [-0.2, -0.15) is 0 Å². The average Bonchev–Trinajstić information content (AvgIpc) is 3.08. The number of aryl methyl sites for hydroxylation is 1. The summed E-state index contributed by atoms with van der Waals surface area (Å²) in [6.07, 6.45) is 0. The molecule has 0 saturated heterocycles. The first-order valence-corrected chi connectivity index (χ1v) is 10.3. The van der Waals surface area contributed by atoms with Gasteiger partial charge in [0, 0.05) is 15.8 Å². The lowest BCUT2D eigenvalue weighted by molar-refractivity contribution is 0.102. The number of carbonyl (C=O) groups is 2. The summed E-state index contributed by atoms with van der Waals surface area (Å²) in [7, 11) is 0. The predicted octanol–water partition coefficient (Wildman–Crippen LogP) is 6.07. The molecule has 4 rings (SSSR count). The van der Waals surface area contributed by atoms with E-state index >= 15 is 0 Å². The second-order valence-electron chi connectivity index (χ2n) is 6.75. The lowest BCUT2D eigenvalue weighted by atomic mass is 10.1. The van der Waals surface area contributed by atoms with Crippen molar-refractivity contribution in [3.8, 4) is 5.75 Å². The first-order chi connectivity index (χ1) is 14.4. The monoisotopic (exact) mass is 436 g/mol. The fourth-order valence-electron chi connectivity index (χ4n) is 3.04. The minimum absolute atomic E-state index is 0.108. The van der Waals surface area contributed by atoms with Crippen molar-refractivity contribution in [2.75, 3.05) is 10.6 Å². The van der Waals surface area contributed by atoms with E-state index < -0.39 is 0 Å². The van der Waals surface area contributed by atoms with Gasteiger partial charge in [-0.3, -0.25) is 9.59 Å². The van der Waals surface area contributed by atoms with Gasteiger partial charge in [0.1, 0.15) is 10.6 Å². The number of phenolic OH excluding ortho intramolecular Hbond substituents is 1. The second-order valence-corrected chi connectivity index (χ2v) is 8.18. The molecule has 0 aliphatic rings. The largest absolute Gasteiger partial charge is 0.508 e. The average molecular weight is 437 g/mol. The van der Waals surface area contributed by atoms with Crippen molar-refractivity contribution in [2.24, 2.45) is 0 Å². The van der Waals surface area contributed by atoms with Crippen molar-refractivity contribution in [1.29, 1.82) is 0 Å². The summed E-state index contributed by atoms with van der Waals surface area (Å²) in [5, 5.41) is 16.2. The zero-order chi connectivity index (χ0) is 21.3. The summed E-state index contributed by atoms with van der Waals surface area (Å²) < 4.78 is 0.918. The normalized spacial score (nSPS) is 10.7. The van der Waals surface area contributed by atoms with Crippen molar-refractivity contribution < 1.29 is 14.7 Å². The molecule has 4 aromatic rings. The summed E-state index contributed by atoms with van der Waals surface area (Å²) in [5.74, 6) is -0.636. The minimum Gasteiger partial charge on any atom is -0.508 e. The zero-order valence-corrected chi connectivity index (χ0v) is 17.5. The third kappa shape index (κ3) is 4.01. The van der Waals surface area contributed by atoms with Crippen LogP contribution in [0.15, 0.2) is 66.7 Å². The molecule has 0 spiro atoms. The Hall–Kier alpha value is -3.35.